The Bertz CT molecular complexity index is 528. The molecule has 0 radical (unpaired) electrons. The van der Waals surface area contributed by atoms with Crippen molar-refractivity contribution in [3.63, 3.8) is 0 Å². The number of nitrogens with one attached hydrogen (secondary N) is 2. The molecule has 94 valence electrons. The van der Waals surface area contributed by atoms with E-state index < -0.39 is 0 Å². The Kier molecular flexibility index (Phi) is 2.88. The molecule has 18 heavy (non-hydrogen) atoms. The van der Waals surface area contributed by atoms with Crippen molar-refractivity contribution in [2.75, 3.05) is 11.1 Å². The van der Waals surface area contributed by atoms with Crippen molar-refractivity contribution in [3.05, 3.63) is 30.2 Å². The van der Waals surface area contributed by atoms with E-state index in [2.05, 4.69) is 26.6 Å². The first-order valence-corrected chi connectivity index (χ1v) is 6.35. The van der Waals surface area contributed by atoms with Crippen LogP contribution in [0.1, 0.15) is 37.3 Å². The Morgan fingerprint density at radius 3 is 2.94 bits per heavy atom. The Morgan fingerprint density at radius 2 is 2.17 bits per heavy atom. The van der Waals surface area contributed by atoms with Crippen molar-refractivity contribution in [2.24, 2.45) is 0 Å². The molecule has 1 aliphatic rings. The number of hydrogen-bond acceptors (Lipinski definition) is 4. The van der Waals surface area contributed by atoms with Gasteiger partial charge in [0.1, 0.15) is 0 Å². The highest BCUT2D eigenvalue weighted by molar-refractivity contribution is 5.69. The molecule has 2 aromatic rings. The lowest BCUT2D eigenvalue weighted by molar-refractivity contribution is 0.693. The number of nitrogen functional groups attached to an aromatic ring is 1. The molecule has 0 aliphatic heterocycles. The summed E-state index contributed by atoms with van der Waals surface area (Å²) in [6.07, 6.45) is 8.52. The van der Waals surface area contributed by atoms with Crippen LogP contribution in [0.3, 0.4) is 0 Å². The fourth-order valence-electron chi connectivity index (χ4n) is 2.51. The van der Waals surface area contributed by atoms with Crippen molar-refractivity contribution in [3.8, 4) is 0 Å². The lowest BCUT2D eigenvalue weighted by Crippen LogP contribution is -1.96. The highest BCUT2D eigenvalue weighted by Crippen LogP contribution is 2.34. The number of anilines is 3. The van der Waals surface area contributed by atoms with Gasteiger partial charge in [0.25, 0.3) is 0 Å². The lowest BCUT2D eigenvalue weighted by Gasteiger charge is -2.05. The molecule has 0 spiro atoms. The number of nitrogens with two attached hydrogens (primary N) is 1. The van der Waals surface area contributed by atoms with E-state index in [1.807, 2.05) is 6.07 Å². The Morgan fingerprint density at radius 1 is 1.33 bits per heavy atom. The molecule has 0 amide bonds. The number of pyridine rings is 1. The van der Waals surface area contributed by atoms with Crippen LogP contribution >= 0.6 is 0 Å². The molecule has 0 aromatic carbocycles. The lowest BCUT2D eigenvalue weighted by atomic mass is 10.0. The summed E-state index contributed by atoms with van der Waals surface area (Å²) >= 11 is 0. The monoisotopic (exact) mass is 243 g/mol. The fraction of sp³-hybridized carbons (Fsp3) is 0.385. The van der Waals surface area contributed by atoms with Gasteiger partial charge in [-0.15, -0.1) is 0 Å². The Hall–Kier alpha value is -2.04. The summed E-state index contributed by atoms with van der Waals surface area (Å²) in [7, 11) is 0. The molecule has 3 rings (SSSR count). The summed E-state index contributed by atoms with van der Waals surface area (Å²) in [6, 6.07) is 3.93. The number of aromatic nitrogens is 3. The molecule has 4 N–H and O–H groups in total. The number of nitrogens with zero attached hydrogens (tertiary/aromatic N) is 2. The van der Waals surface area contributed by atoms with E-state index in [1.54, 1.807) is 12.4 Å². The van der Waals surface area contributed by atoms with Gasteiger partial charge >= 0.3 is 0 Å². The Labute approximate surface area is 106 Å². The first-order chi connectivity index (χ1) is 8.83. The smallest absolute Gasteiger partial charge is 0.152 e. The summed E-state index contributed by atoms with van der Waals surface area (Å²) in [4.78, 5) is 3.96. The topological polar surface area (TPSA) is 79.6 Å². The minimum atomic E-state index is 0.628. The van der Waals surface area contributed by atoms with Crippen LogP contribution in [0.5, 0.6) is 0 Å². The highest BCUT2D eigenvalue weighted by atomic mass is 15.2. The predicted octanol–water partition coefficient (Wildman–Crippen LogP) is 2.79. The standard InChI is InChI=1S/C13H17N5/c14-10-8-15-6-5-11(10)16-13-7-12(17-18-13)9-3-1-2-4-9/h5-9H,1-4,14H2,(H2,15,16,17,18). The molecular formula is C13H17N5. The first-order valence-electron chi connectivity index (χ1n) is 6.35. The number of rotatable bonds is 3. The Balaban J connectivity index is 1.75. The maximum absolute atomic E-state index is 5.83. The number of H-pyrrole nitrogens is 1. The molecule has 0 saturated heterocycles. The average molecular weight is 243 g/mol. The summed E-state index contributed by atoms with van der Waals surface area (Å²) in [6.45, 7) is 0. The van der Waals surface area contributed by atoms with E-state index in [-0.39, 0.29) is 0 Å². The summed E-state index contributed by atoms with van der Waals surface area (Å²) in [5, 5.41) is 10.6. The van der Waals surface area contributed by atoms with Crippen LogP contribution in [0.4, 0.5) is 17.2 Å². The second kappa shape index (κ2) is 4.68. The van der Waals surface area contributed by atoms with Crippen molar-refractivity contribution in [1.29, 1.82) is 0 Å². The van der Waals surface area contributed by atoms with Crippen LogP contribution in [0.2, 0.25) is 0 Å². The van der Waals surface area contributed by atoms with Gasteiger partial charge in [-0.25, -0.2) is 0 Å². The normalized spacial score (nSPS) is 16.0. The summed E-state index contributed by atoms with van der Waals surface area (Å²) in [5.74, 6) is 1.46. The van der Waals surface area contributed by atoms with Crippen molar-refractivity contribution in [1.82, 2.24) is 15.2 Å². The second-order valence-corrected chi connectivity index (χ2v) is 4.78. The van der Waals surface area contributed by atoms with Gasteiger partial charge in [-0.1, -0.05) is 12.8 Å². The van der Waals surface area contributed by atoms with Crippen LogP contribution in [0, 0.1) is 0 Å². The van der Waals surface area contributed by atoms with Crippen molar-refractivity contribution < 1.29 is 0 Å². The van der Waals surface area contributed by atoms with Crippen LogP contribution in [-0.4, -0.2) is 15.2 Å². The summed E-state index contributed by atoms with van der Waals surface area (Å²) in [5.41, 5.74) is 8.53. The molecule has 2 aromatic heterocycles. The van der Waals surface area contributed by atoms with E-state index in [4.69, 9.17) is 5.73 Å². The van der Waals surface area contributed by atoms with Crippen molar-refractivity contribution >= 4 is 17.2 Å². The van der Waals surface area contributed by atoms with Gasteiger partial charge in [0.15, 0.2) is 5.82 Å². The van der Waals surface area contributed by atoms with Gasteiger partial charge in [-0.05, 0) is 18.9 Å². The van der Waals surface area contributed by atoms with Crippen LogP contribution in [0.25, 0.3) is 0 Å². The van der Waals surface area contributed by atoms with Gasteiger partial charge in [0.2, 0.25) is 0 Å². The van der Waals surface area contributed by atoms with Gasteiger partial charge < -0.3 is 11.1 Å². The maximum atomic E-state index is 5.83. The zero-order valence-electron chi connectivity index (χ0n) is 10.2. The van der Waals surface area contributed by atoms with Crippen molar-refractivity contribution in [2.45, 2.75) is 31.6 Å². The molecule has 0 bridgehead atoms. The molecule has 1 saturated carbocycles. The third-order valence-corrected chi connectivity index (χ3v) is 3.51. The minimum absolute atomic E-state index is 0.628. The van der Waals surface area contributed by atoms with Gasteiger partial charge in [0.05, 0.1) is 17.6 Å². The molecule has 1 aliphatic carbocycles. The van der Waals surface area contributed by atoms with Crippen LogP contribution in [0.15, 0.2) is 24.5 Å². The van der Waals surface area contributed by atoms with Crippen LogP contribution in [-0.2, 0) is 0 Å². The van der Waals surface area contributed by atoms with Crippen LogP contribution < -0.4 is 11.1 Å². The van der Waals surface area contributed by atoms with E-state index in [0.29, 0.717) is 11.6 Å². The predicted molar refractivity (Wildman–Crippen MR) is 71.7 cm³/mol. The molecule has 0 unspecified atom stereocenters. The van der Waals surface area contributed by atoms with E-state index >= 15 is 0 Å². The van der Waals surface area contributed by atoms with E-state index in [0.717, 1.165) is 11.5 Å². The number of hydrogen-bond donors (Lipinski definition) is 3. The van der Waals surface area contributed by atoms with E-state index in [1.165, 1.54) is 31.4 Å². The molecule has 5 heteroatoms. The zero-order chi connectivity index (χ0) is 12.4. The highest BCUT2D eigenvalue weighted by Gasteiger charge is 2.19. The molecule has 2 heterocycles. The first kappa shape index (κ1) is 11.1. The van der Waals surface area contributed by atoms with Gasteiger partial charge in [0, 0.05) is 23.9 Å². The summed E-state index contributed by atoms with van der Waals surface area (Å²) < 4.78 is 0. The third kappa shape index (κ3) is 2.16. The average Bonchev–Trinajstić information content (AvgIpc) is 3.02. The minimum Gasteiger partial charge on any atom is -0.396 e. The third-order valence-electron chi connectivity index (χ3n) is 3.51. The molecule has 0 atom stereocenters. The maximum Gasteiger partial charge on any atom is 0.152 e. The molecule has 5 nitrogen and oxygen atoms in total. The largest absolute Gasteiger partial charge is 0.396 e. The zero-order valence-corrected chi connectivity index (χ0v) is 10.2. The van der Waals surface area contributed by atoms with Gasteiger partial charge in [-0.2, -0.15) is 5.10 Å². The second-order valence-electron chi connectivity index (χ2n) is 4.78. The van der Waals surface area contributed by atoms with Gasteiger partial charge in [-0.3, -0.25) is 10.1 Å². The molecular weight excluding hydrogens is 226 g/mol. The molecule has 1 fully saturated rings. The fourth-order valence-corrected chi connectivity index (χ4v) is 2.51. The van der Waals surface area contributed by atoms with E-state index in [9.17, 15) is 0 Å². The number of aromatic amines is 1. The SMILES string of the molecule is Nc1cnccc1Nc1cc(C2CCCC2)[nH]n1. The quantitative estimate of drug-likeness (QED) is 0.774.